The summed E-state index contributed by atoms with van der Waals surface area (Å²) < 4.78 is 30.5. The van der Waals surface area contributed by atoms with Gasteiger partial charge >= 0.3 is 0 Å². The maximum absolute atomic E-state index is 13.2. The number of benzene rings is 1. The fraction of sp³-hybridized carbons (Fsp3) is 0.200. The Morgan fingerprint density at radius 2 is 2.12 bits per heavy atom. The molecular formula is C10H9F2N3O. The first-order chi connectivity index (χ1) is 7.75. The highest BCUT2D eigenvalue weighted by Crippen LogP contribution is 2.09. The standard InChI is InChI=1S/C10H9F2N3O/c11-8-1-2-9(12)7(3-8)4-13-5-10-14-6-16-15-10/h1-3,6,13H,4-5H2. The van der Waals surface area contributed by atoms with Crippen LogP contribution in [0.15, 0.2) is 29.1 Å². The van der Waals surface area contributed by atoms with Crippen LogP contribution in [0, 0.1) is 11.6 Å². The Balaban J connectivity index is 1.92. The van der Waals surface area contributed by atoms with Crippen LogP contribution in [0.4, 0.5) is 8.78 Å². The van der Waals surface area contributed by atoms with E-state index >= 15 is 0 Å². The first-order valence-electron chi connectivity index (χ1n) is 4.65. The van der Waals surface area contributed by atoms with Crippen LogP contribution in [0.25, 0.3) is 0 Å². The number of hydrogen-bond acceptors (Lipinski definition) is 4. The van der Waals surface area contributed by atoms with Crippen LogP contribution in [0.5, 0.6) is 0 Å². The summed E-state index contributed by atoms with van der Waals surface area (Å²) in [7, 11) is 0. The van der Waals surface area contributed by atoms with Gasteiger partial charge < -0.3 is 9.84 Å². The molecule has 0 bridgehead atoms. The lowest BCUT2D eigenvalue weighted by Gasteiger charge is -2.03. The van der Waals surface area contributed by atoms with Gasteiger partial charge in [-0.15, -0.1) is 0 Å². The van der Waals surface area contributed by atoms with Crippen LogP contribution in [0.3, 0.4) is 0 Å². The first kappa shape index (κ1) is 10.7. The van der Waals surface area contributed by atoms with Crippen molar-refractivity contribution in [3.63, 3.8) is 0 Å². The molecule has 0 amide bonds. The van der Waals surface area contributed by atoms with E-state index < -0.39 is 11.6 Å². The van der Waals surface area contributed by atoms with E-state index in [0.29, 0.717) is 12.4 Å². The predicted molar refractivity (Wildman–Crippen MR) is 51.2 cm³/mol. The third kappa shape index (κ3) is 2.60. The first-order valence-corrected chi connectivity index (χ1v) is 4.65. The van der Waals surface area contributed by atoms with Crippen LogP contribution in [-0.4, -0.2) is 10.1 Å². The molecule has 0 saturated carbocycles. The van der Waals surface area contributed by atoms with Gasteiger partial charge in [-0.3, -0.25) is 0 Å². The number of aromatic nitrogens is 2. The van der Waals surface area contributed by atoms with Crippen molar-refractivity contribution in [2.24, 2.45) is 0 Å². The number of hydrogen-bond donors (Lipinski definition) is 1. The molecule has 2 rings (SSSR count). The van der Waals surface area contributed by atoms with E-state index in [1.54, 1.807) is 0 Å². The fourth-order valence-corrected chi connectivity index (χ4v) is 1.26. The zero-order valence-electron chi connectivity index (χ0n) is 8.28. The van der Waals surface area contributed by atoms with Crippen molar-refractivity contribution >= 4 is 0 Å². The average molecular weight is 225 g/mol. The van der Waals surface area contributed by atoms with Gasteiger partial charge in [-0.05, 0) is 18.2 Å². The highest BCUT2D eigenvalue weighted by atomic mass is 19.1. The average Bonchev–Trinajstić information content (AvgIpc) is 2.76. The van der Waals surface area contributed by atoms with E-state index in [2.05, 4.69) is 20.0 Å². The van der Waals surface area contributed by atoms with Crippen molar-refractivity contribution < 1.29 is 13.3 Å². The van der Waals surface area contributed by atoms with Crippen molar-refractivity contribution in [1.82, 2.24) is 15.5 Å². The molecule has 0 aliphatic rings. The lowest BCUT2D eigenvalue weighted by atomic mass is 10.2. The number of nitrogens with zero attached hydrogens (tertiary/aromatic N) is 2. The molecule has 1 aromatic carbocycles. The summed E-state index contributed by atoms with van der Waals surface area (Å²) in [4.78, 5) is 3.78. The van der Waals surface area contributed by atoms with Gasteiger partial charge in [0.1, 0.15) is 11.6 Å². The van der Waals surface area contributed by atoms with Gasteiger partial charge in [-0.1, -0.05) is 5.16 Å². The number of halogens is 2. The minimum Gasteiger partial charge on any atom is -0.343 e. The smallest absolute Gasteiger partial charge is 0.213 e. The summed E-state index contributed by atoms with van der Waals surface area (Å²) in [5.41, 5.74) is 0.267. The Morgan fingerprint density at radius 1 is 1.25 bits per heavy atom. The normalized spacial score (nSPS) is 10.6. The minimum atomic E-state index is -0.460. The van der Waals surface area contributed by atoms with Crippen molar-refractivity contribution in [3.8, 4) is 0 Å². The van der Waals surface area contributed by atoms with Crippen molar-refractivity contribution in [1.29, 1.82) is 0 Å². The molecule has 1 heterocycles. The van der Waals surface area contributed by atoms with Crippen LogP contribution in [-0.2, 0) is 13.1 Å². The van der Waals surface area contributed by atoms with Gasteiger partial charge in [0.25, 0.3) is 0 Å². The van der Waals surface area contributed by atoms with E-state index in [9.17, 15) is 8.78 Å². The fourth-order valence-electron chi connectivity index (χ4n) is 1.26. The molecule has 6 heteroatoms. The number of rotatable bonds is 4. The largest absolute Gasteiger partial charge is 0.343 e. The molecule has 0 radical (unpaired) electrons. The highest BCUT2D eigenvalue weighted by Gasteiger charge is 2.04. The summed E-state index contributed by atoms with van der Waals surface area (Å²) in [6, 6.07) is 3.33. The van der Waals surface area contributed by atoms with Gasteiger partial charge in [0, 0.05) is 12.1 Å². The molecule has 0 fully saturated rings. The second-order valence-electron chi connectivity index (χ2n) is 3.19. The van der Waals surface area contributed by atoms with E-state index in [0.717, 1.165) is 18.2 Å². The van der Waals surface area contributed by atoms with Crippen molar-refractivity contribution in [2.75, 3.05) is 0 Å². The topological polar surface area (TPSA) is 51.0 Å². The molecular weight excluding hydrogens is 216 g/mol. The Labute approximate surface area is 90.3 Å². The molecule has 4 nitrogen and oxygen atoms in total. The van der Waals surface area contributed by atoms with Gasteiger partial charge in [0.05, 0.1) is 6.54 Å². The van der Waals surface area contributed by atoms with Crippen LogP contribution >= 0.6 is 0 Å². The van der Waals surface area contributed by atoms with E-state index in [1.807, 2.05) is 0 Å². The summed E-state index contributed by atoms with van der Waals surface area (Å²) >= 11 is 0. The monoisotopic (exact) mass is 225 g/mol. The summed E-state index contributed by atoms with van der Waals surface area (Å²) in [5, 5.41) is 6.45. The molecule has 0 saturated heterocycles. The molecule has 1 N–H and O–H groups in total. The molecule has 0 spiro atoms. The van der Waals surface area contributed by atoms with Gasteiger partial charge in [-0.25, -0.2) is 8.78 Å². The van der Waals surface area contributed by atoms with Crippen LogP contribution in [0.1, 0.15) is 11.4 Å². The second-order valence-corrected chi connectivity index (χ2v) is 3.19. The number of nitrogens with one attached hydrogen (secondary N) is 1. The van der Waals surface area contributed by atoms with Crippen LogP contribution < -0.4 is 5.32 Å². The molecule has 0 atom stereocenters. The molecule has 0 aliphatic carbocycles. The zero-order valence-corrected chi connectivity index (χ0v) is 8.28. The Kier molecular flexibility index (Phi) is 3.21. The van der Waals surface area contributed by atoms with E-state index in [4.69, 9.17) is 0 Å². The quantitative estimate of drug-likeness (QED) is 0.859. The summed E-state index contributed by atoms with van der Waals surface area (Å²) in [6.07, 6.45) is 1.21. The molecule has 1 aromatic heterocycles. The zero-order chi connectivity index (χ0) is 11.4. The lowest BCUT2D eigenvalue weighted by molar-refractivity contribution is 0.407. The third-order valence-electron chi connectivity index (χ3n) is 2.01. The highest BCUT2D eigenvalue weighted by molar-refractivity contribution is 5.18. The van der Waals surface area contributed by atoms with E-state index in [1.165, 1.54) is 6.39 Å². The maximum atomic E-state index is 13.2. The van der Waals surface area contributed by atoms with Crippen molar-refractivity contribution in [3.05, 3.63) is 47.6 Å². The maximum Gasteiger partial charge on any atom is 0.213 e. The SMILES string of the molecule is Fc1ccc(F)c(CNCc2ncon2)c1. The molecule has 16 heavy (non-hydrogen) atoms. The van der Waals surface area contributed by atoms with Crippen molar-refractivity contribution in [2.45, 2.75) is 13.1 Å². The van der Waals surface area contributed by atoms with Gasteiger partial charge in [-0.2, -0.15) is 4.98 Å². The Hall–Kier alpha value is -1.82. The van der Waals surface area contributed by atoms with Crippen LogP contribution in [0.2, 0.25) is 0 Å². The molecule has 0 unspecified atom stereocenters. The van der Waals surface area contributed by atoms with Gasteiger partial charge in [0.15, 0.2) is 5.82 Å². The summed E-state index contributed by atoms with van der Waals surface area (Å²) in [5.74, 6) is -0.434. The predicted octanol–water partition coefficient (Wildman–Crippen LogP) is 1.64. The Bertz CT molecular complexity index is 459. The summed E-state index contributed by atoms with van der Waals surface area (Å²) in [6.45, 7) is 0.546. The molecule has 0 aliphatic heterocycles. The Morgan fingerprint density at radius 3 is 2.88 bits per heavy atom. The molecule has 84 valence electrons. The second kappa shape index (κ2) is 4.80. The minimum absolute atomic E-state index is 0.206. The molecule has 2 aromatic rings. The van der Waals surface area contributed by atoms with E-state index in [-0.39, 0.29) is 12.1 Å². The van der Waals surface area contributed by atoms with Gasteiger partial charge in [0.2, 0.25) is 6.39 Å². The third-order valence-corrected chi connectivity index (χ3v) is 2.01. The lowest BCUT2D eigenvalue weighted by Crippen LogP contribution is -2.14.